The first kappa shape index (κ1) is 108. The highest BCUT2D eigenvalue weighted by Gasteiger charge is 2.20. The van der Waals surface area contributed by atoms with Gasteiger partial charge in [-0.2, -0.15) is 25.7 Å². The number of phenols is 3. The Labute approximate surface area is 752 Å². The van der Waals surface area contributed by atoms with Crippen LogP contribution in [0.15, 0.2) is 239 Å². The summed E-state index contributed by atoms with van der Waals surface area (Å²) in [6.07, 6.45) is 11.5. The molecule has 34 nitrogen and oxygen atoms in total. The number of hydrogen-bond donors (Lipinski definition) is 6. The number of carboxylic acids is 1. The molecule has 0 atom stereocenters. The van der Waals surface area contributed by atoms with Gasteiger partial charge in [-0.3, -0.25) is 26.1 Å². The fraction of sp³-hybridized carbons (Fsp3) is 0.229. The molecule has 0 amide bonds. The first-order valence-corrected chi connectivity index (χ1v) is 39.1. The number of carbonyl (C=O) groups is 7. The van der Waals surface area contributed by atoms with Gasteiger partial charge in [0, 0.05) is 46.0 Å². The molecule has 0 aliphatic rings. The van der Waals surface area contributed by atoms with Gasteiger partial charge in [-0.25, -0.2) is 28.9 Å². The van der Waals surface area contributed by atoms with Crippen LogP contribution in [0.3, 0.4) is 0 Å². The number of hydrazine groups is 1. The largest absolute Gasteiger partial charge is 0.504 e. The van der Waals surface area contributed by atoms with E-state index in [1.54, 1.807) is 153 Å². The average Bonchev–Trinajstić information content (AvgIpc) is 0.827. The van der Waals surface area contributed by atoms with Crippen molar-refractivity contribution < 1.29 is 121 Å². The molecule has 8 aromatic carbocycles. The van der Waals surface area contributed by atoms with E-state index in [-0.39, 0.29) is 81.7 Å². The van der Waals surface area contributed by atoms with Crippen LogP contribution in [-0.2, 0) is 43.0 Å². The zero-order valence-corrected chi connectivity index (χ0v) is 73.4. The molecule has 10 N–H and O–H groups in total. The van der Waals surface area contributed by atoms with Crippen LogP contribution < -0.4 is 59.1 Å². The van der Waals surface area contributed by atoms with Crippen LogP contribution in [0.1, 0.15) is 122 Å². The molecule has 0 radical (unpaired) electrons. The molecule has 34 heteroatoms. The van der Waals surface area contributed by atoms with Crippen molar-refractivity contribution in [3.63, 3.8) is 0 Å². The van der Waals surface area contributed by atoms with Gasteiger partial charge in [-0.1, -0.05) is 56.1 Å². The number of carboxylic acid groups (broad SMARTS) is 1. The number of benzene rings is 8. The second-order valence-electron chi connectivity index (χ2n) is 26.2. The zero-order valence-electron chi connectivity index (χ0n) is 73.4. The maximum Gasteiger partial charge on any atom is 0.354 e. The molecule has 0 spiro atoms. The summed E-state index contributed by atoms with van der Waals surface area (Å²) in [5, 5.41) is 64.2. The molecular weight excluding hydrogens is 1680 g/mol. The number of Topliss-reactive ketones (excluding diaryl/α,β-unsaturated/α-hetero) is 1. The highest BCUT2D eigenvalue weighted by atomic mass is 16.6. The van der Waals surface area contributed by atoms with Gasteiger partial charge in [-0.15, -0.1) is 0 Å². The summed E-state index contributed by atoms with van der Waals surface area (Å²) in [5.41, 5.74) is 6.64. The summed E-state index contributed by atoms with van der Waals surface area (Å²) in [5.74, 6) is 7.29. The van der Waals surface area contributed by atoms with Crippen molar-refractivity contribution in [3.05, 3.63) is 286 Å². The Kier molecular flexibility index (Phi) is 49.2. The molecule has 0 saturated carbocycles. The lowest BCUT2D eigenvalue weighted by Gasteiger charge is -2.11. The molecule has 0 aliphatic heterocycles. The summed E-state index contributed by atoms with van der Waals surface area (Å²) in [4.78, 5) is 87.1. The average molecular weight is 1780 g/mol. The highest BCUT2D eigenvalue weighted by molar-refractivity contribution is 6.05. The van der Waals surface area contributed by atoms with Crippen LogP contribution in [0.4, 0.5) is 0 Å². The molecule has 130 heavy (non-hydrogen) atoms. The fourth-order valence-electron chi connectivity index (χ4n) is 10.3. The second kappa shape index (κ2) is 59.4. The van der Waals surface area contributed by atoms with Crippen LogP contribution >= 0.6 is 0 Å². The summed E-state index contributed by atoms with van der Waals surface area (Å²) < 4.78 is 68.8. The number of nitrogens with two attached hydrogens (primary N) is 2. The van der Waals surface area contributed by atoms with E-state index < -0.39 is 35.8 Å². The number of ketones is 1. The van der Waals surface area contributed by atoms with Crippen LogP contribution in [0, 0.1) is 24.5 Å². The number of esters is 5. The predicted molar refractivity (Wildman–Crippen MR) is 489 cm³/mol. The van der Waals surface area contributed by atoms with Crippen molar-refractivity contribution in [2.24, 2.45) is 32.1 Å². The Balaban J connectivity index is 0.000000563. The molecule has 0 saturated heterocycles. The second-order valence-corrected chi connectivity index (χ2v) is 26.2. The van der Waals surface area contributed by atoms with E-state index in [1.807, 2.05) is 19.9 Å². The minimum absolute atomic E-state index is 0. The lowest BCUT2D eigenvalue weighted by Crippen LogP contribution is -2.11. The molecule has 0 aliphatic carbocycles. The standard InChI is InChI=1S/C52H50N4O12.C18H20N2O4.C17H17NO5.C9H10O3.H4N2.H2O/c1-8-49(57)65-28-12-10-26-63-42-20-14-37(15-21-42)30-41(34-53)51(59)67-45-24-18-39(32-47(45)61-6)35(3)55-56-36(4)40-19-25-46(48(33-40)62-7)68-52(60)44(54-5)31-38-16-22-43(23-17-38)64-27-11-13-29-66-50(58)9-2;1-11(13-5-7-15(21)17(9-13)23-3)19-20-12(2)14-6-8-16(22)18(10-14)24-4;1-3-16(19)23-11-5-4-10-22-14-8-6-13(7-9-14)12-15(18-2)17(20)21;1-6(10)7-3-4-8(11)9(5-7)12-2;1-2;/h8-9,14-25,30-33H,1-2,10-13,26-29H2,3-4,6-7H3;5-10,21-22H,1-4H3;3,6-9,12H,1,4-5,10-11H2,(H,20,21);3-5,11H,1-2H3;1-2H2;1H2/b41-30+,44-31-,55-35+,56-36+;19-11+,20-12+;15-12-;;;. The Morgan fingerprint density at radius 2 is 0.669 bits per heavy atom. The van der Waals surface area contributed by atoms with Crippen molar-refractivity contribution in [2.75, 3.05) is 75.2 Å². The highest BCUT2D eigenvalue weighted by Crippen LogP contribution is 2.34. The molecule has 682 valence electrons. The van der Waals surface area contributed by atoms with Gasteiger partial charge in [0.25, 0.3) is 11.4 Å². The van der Waals surface area contributed by atoms with Gasteiger partial charge in [0.2, 0.25) is 0 Å². The van der Waals surface area contributed by atoms with Gasteiger partial charge in [-0.05, 0) is 235 Å². The quantitative estimate of drug-likeness (QED) is 0.00177. The van der Waals surface area contributed by atoms with Gasteiger partial charge in [0.1, 0.15) is 28.9 Å². The Hall–Kier alpha value is -16.5. The zero-order chi connectivity index (χ0) is 95.2. The normalized spacial score (nSPS) is 11.0. The maximum absolute atomic E-state index is 13.1. The van der Waals surface area contributed by atoms with Crippen molar-refractivity contribution in [1.82, 2.24) is 0 Å². The van der Waals surface area contributed by atoms with Crippen LogP contribution in [0.2, 0.25) is 0 Å². The Morgan fingerprint density at radius 3 is 0.962 bits per heavy atom. The number of hydrogen-bond acceptors (Lipinski definition) is 30. The first-order valence-electron chi connectivity index (χ1n) is 39.1. The van der Waals surface area contributed by atoms with E-state index in [0.29, 0.717) is 149 Å². The third-order valence-electron chi connectivity index (χ3n) is 17.3. The summed E-state index contributed by atoms with van der Waals surface area (Å²) in [6, 6.07) is 46.4. The van der Waals surface area contributed by atoms with E-state index in [2.05, 4.69) is 61.5 Å². The topological polar surface area (TPSA) is 486 Å². The number of methoxy groups -OCH3 is 5. The van der Waals surface area contributed by atoms with Crippen LogP contribution in [-0.4, -0.2) is 166 Å². The Bertz CT molecular complexity index is 5290. The summed E-state index contributed by atoms with van der Waals surface area (Å²) in [6.45, 7) is 35.1. The number of unbranched alkanes of at least 4 members (excludes halogenated alkanes) is 3. The van der Waals surface area contributed by atoms with Crippen LogP contribution in [0.5, 0.6) is 74.7 Å². The molecule has 0 bridgehead atoms. The van der Waals surface area contributed by atoms with E-state index in [1.165, 1.54) is 85.0 Å². The maximum atomic E-state index is 13.1. The number of nitrogens with zero attached hydrogens (tertiary/aromatic N) is 7. The summed E-state index contributed by atoms with van der Waals surface area (Å²) in [7, 11) is 7.26. The SMILES string of the molecule is COc1cc(/C(C)=N/N=C(\C)c2ccc(O)c(OC)c2)ccc1O.COc1cc(C(C)=O)ccc1O.NN.O.[C-]#[N+]/C(=C\c1ccc(OCCCCOC(=O)C=C)cc1)C(=O)O.[C-]#[N+]/C(=C\c1ccc(OCCCCOC(=O)C=C)cc1)C(=O)Oc1ccc(/C(C)=N/N=C(\C)c2ccc(OC(=O)/C(C#N)=C/c3ccc(OCCCCOC(=O)C=C)cc3)c(OC)c2)cc1OC. The van der Waals surface area contributed by atoms with E-state index >= 15 is 0 Å². The van der Waals surface area contributed by atoms with E-state index in [0.717, 1.165) is 35.8 Å². The van der Waals surface area contributed by atoms with Crippen molar-refractivity contribution in [2.45, 2.75) is 73.1 Å². The monoisotopic (exact) mass is 1780 g/mol. The number of ether oxygens (including phenoxy) is 13. The number of aliphatic carboxylic acids is 1. The molecule has 0 unspecified atom stereocenters. The first-order chi connectivity index (χ1) is 62.1. The number of rotatable bonds is 41. The van der Waals surface area contributed by atoms with Crippen LogP contribution in [0.25, 0.3) is 27.9 Å². The van der Waals surface area contributed by atoms with E-state index in [4.69, 9.17) is 79.8 Å². The number of phenolic OH excluding ortho intramolecular Hbond substituents is 3. The molecule has 0 fully saturated rings. The molecular formula is C96H103N9O25. The number of nitriles is 1. The number of carbonyl (C=O) groups excluding carboxylic acids is 6. The predicted octanol–water partition coefficient (Wildman–Crippen LogP) is 15.0. The Morgan fingerprint density at radius 1 is 0.392 bits per heavy atom. The van der Waals surface area contributed by atoms with Crippen molar-refractivity contribution in [3.8, 4) is 80.8 Å². The third-order valence-corrected chi connectivity index (χ3v) is 17.3. The minimum Gasteiger partial charge on any atom is -0.504 e. The van der Waals surface area contributed by atoms with Gasteiger partial charge < -0.3 is 87.5 Å². The van der Waals surface area contributed by atoms with Gasteiger partial charge >= 0.3 is 35.8 Å². The molecule has 0 aromatic heterocycles. The molecule has 0 heterocycles. The van der Waals surface area contributed by atoms with E-state index in [9.17, 15) is 54.1 Å². The summed E-state index contributed by atoms with van der Waals surface area (Å²) >= 11 is 0. The van der Waals surface area contributed by atoms with Gasteiger partial charge in [0.15, 0.2) is 63.3 Å². The molecule has 8 aromatic rings. The third kappa shape index (κ3) is 37.9. The fourth-order valence-corrected chi connectivity index (χ4v) is 10.3. The lowest BCUT2D eigenvalue weighted by atomic mass is 10.1. The van der Waals surface area contributed by atoms with Gasteiger partial charge in [0.05, 0.1) is 111 Å². The lowest BCUT2D eigenvalue weighted by molar-refractivity contribution is -0.138. The number of aromatic hydroxyl groups is 3. The molecule has 8 rings (SSSR count). The minimum atomic E-state index is -1.25. The van der Waals surface area contributed by atoms with Crippen molar-refractivity contribution >= 4 is 82.7 Å². The smallest absolute Gasteiger partial charge is 0.354 e. The van der Waals surface area contributed by atoms with Crippen molar-refractivity contribution in [1.29, 1.82) is 5.26 Å².